The monoisotopic (exact) mass is 323 g/mol. The second-order valence-corrected chi connectivity index (χ2v) is 6.72. The van der Waals surface area contributed by atoms with Crippen LogP contribution in [0.5, 0.6) is 0 Å². The minimum Gasteiger partial charge on any atom is -0.477 e. The Labute approximate surface area is 121 Å². The molecular formula is C11H17NO6S2. The average Bonchev–Trinajstić information content (AvgIpc) is 2.82. The first-order valence-corrected chi connectivity index (χ1v) is 8.21. The predicted octanol–water partition coefficient (Wildman–Crippen LogP) is 0.527. The van der Waals surface area contributed by atoms with E-state index in [0.717, 1.165) is 11.3 Å². The molecule has 0 radical (unpaired) electrons. The Hall–Kier alpha value is -1.00. The van der Waals surface area contributed by atoms with Crippen LogP contribution in [0.3, 0.4) is 0 Å². The summed E-state index contributed by atoms with van der Waals surface area (Å²) in [5, 5.41) is 10.5. The molecule has 0 spiro atoms. The van der Waals surface area contributed by atoms with Gasteiger partial charge in [-0.15, -0.1) is 11.3 Å². The van der Waals surface area contributed by atoms with Crippen molar-refractivity contribution in [3.63, 3.8) is 0 Å². The van der Waals surface area contributed by atoms with Gasteiger partial charge in [0.05, 0.1) is 18.5 Å². The maximum Gasteiger partial charge on any atom is 0.346 e. The minimum atomic E-state index is -3.63. The van der Waals surface area contributed by atoms with Gasteiger partial charge in [-0.1, -0.05) is 0 Å². The van der Waals surface area contributed by atoms with Crippen LogP contribution in [0.15, 0.2) is 11.4 Å². The van der Waals surface area contributed by atoms with Crippen molar-refractivity contribution < 1.29 is 27.8 Å². The molecule has 0 saturated carbocycles. The molecule has 1 atom stereocenters. The Morgan fingerprint density at radius 3 is 2.75 bits per heavy atom. The molecule has 0 aromatic carbocycles. The van der Waals surface area contributed by atoms with Gasteiger partial charge in [0, 0.05) is 20.8 Å². The highest BCUT2D eigenvalue weighted by atomic mass is 32.2. The van der Waals surface area contributed by atoms with Gasteiger partial charge in [-0.05, 0) is 17.0 Å². The zero-order chi connectivity index (χ0) is 15.2. The summed E-state index contributed by atoms with van der Waals surface area (Å²) in [6.07, 6.45) is -0.392. The molecule has 1 heterocycles. The molecule has 20 heavy (non-hydrogen) atoms. The molecule has 2 N–H and O–H groups in total. The summed E-state index contributed by atoms with van der Waals surface area (Å²) >= 11 is 0.999. The van der Waals surface area contributed by atoms with E-state index >= 15 is 0 Å². The van der Waals surface area contributed by atoms with Crippen LogP contribution >= 0.6 is 11.3 Å². The Morgan fingerprint density at radius 2 is 2.20 bits per heavy atom. The number of rotatable bonds is 9. The fraction of sp³-hybridized carbons (Fsp3) is 0.545. The molecule has 1 aromatic rings. The van der Waals surface area contributed by atoms with Gasteiger partial charge in [-0.25, -0.2) is 17.9 Å². The van der Waals surface area contributed by atoms with Crippen LogP contribution in [0.1, 0.15) is 15.2 Å². The Bertz CT molecular complexity index is 539. The fourth-order valence-electron chi connectivity index (χ4n) is 1.51. The van der Waals surface area contributed by atoms with Crippen molar-refractivity contribution in [1.82, 2.24) is 4.72 Å². The molecule has 7 nitrogen and oxygen atoms in total. The zero-order valence-electron chi connectivity index (χ0n) is 11.2. The van der Waals surface area contributed by atoms with Crippen molar-refractivity contribution in [3.8, 4) is 0 Å². The van der Waals surface area contributed by atoms with Crippen molar-refractivity contribution in [3.05, 3.63) is 21.9 Å². The standard InChI is InChI=1S/C11H17NO6S2/c1-17-6-9(18-2)5-12-20(15,16)7-8-3-4-19-10(8)11(13)14/h3-4,9,12H,5-7H2,1-2H3,(H,13,14)/t9-/m0/s1. The van der Waals surface area contributed by atoms with E-state index in [1.807, 2.05) is 0 Å². The lowest BCUT2D eigenvalue weighted by Crippen LogP contribution is -2.36. The fourth-order valence-corrected chi connectivity index (χ4v) is 3.55. The lowest BCUT2D eigenvalue weighted by atomic mass is 10.3. The first kappa shape index (κ1) is 17.1. The second-order valence-electron chi connectivity index (χ2n) is 4.00. The van der Waals surface area contributed by atoms with E-state index in [2.05, 4.69) is 4.72 Å². The van der Waals surface area contributed by atoms with Crippen LogP contribution in [0, 0.1) is 0 Å². The van der Waals surface area contributed by atoms with Gasteiger partial charge >= 0.3 is 5.97 Å². The molecule has 114 valence electrons. The quantitative estimate of drug-likeness (QED) is 0.687. The molecule has 0 bridgehead atoms. The number of ether oxygens (including phenoxy) is 2. The van der Waals surface area contributed by atoms with Crippen molar-refractivity contribution in [2.75, 3.05) is 27.4 Å². The van der Waals surface area contributed by atoms with Crippen LogP contribution in [0.25, 0.3) is 0 Å². The lowest BCUT2D eigenvalue weighted by Gasteiger charge is -2.15. The number of methoxy groups -OCH3 is 2. The van der Waals surface area contributed by atoms with Gasteiger partial charge in [0.15, 0.2) is 0 Å². The van der Waals surface area contributed by atoms with Crippen LogP contribution < -0.4 is 4.72 Å². The van der Waals surface area contributed by atoms with Gasteiger partial charge in [-0.3, -0.25) is 0 Å². The molecule has 0 aliphatic carbocycles. The first-order valence-electron chi connectivity index (χ1n) is 5.68. The number of carboxylic acid groups (broad SMARTS) is 1. The smallest absolute Gasteiger partial charge is 0.346 e. The van der Waals surface area contributed by atoms with Crippen LogP contribution in [0.2, 0.25) is 0 Å². The highest BCUT2D eigenvalue weighted by Crippen LogP contribution is 2.18. The van der Waals surface area contributed by atoms with Gasteiger partial charge in [0.2, 0.25) is 10.0 Å². The highest BCUT2D eigenvalue weighted by molar-refractivity contribution is 7.88. The van der Waals surface area contributed by atoms with Crippen molar-refractivity contribution in [1.29, 1.82) is 0 Å². The summed E-state index contributed by atoms with van der Waals surface area (Å²) in [5.74, 6) is -1.50. The lowest BCUT2D eigenvalue weighted by molar-refractivity contribution is 0.0320. The maximum absolute atomic E-state index is 11.9. The number of carboxylic acids is 1. The molecule has 1 aromatic heterocycles. The predicted molar refractivity (Wildman–Crippen MR) is 74.6 cm³/mol. The molecule has 0 fully saturated rings. The van der Waals surface area contributed by atoms with Gasteiger partial charge in [0.1, 0.15) is 4.88 Å². The van der Waals surface area contributed by atoms with Crippen LogP contribution in [-0.2, 0) is 25.2 Å². The second kappa shape index (κ2) is 7.70. The van der Waals surface area contributed by atoms with E-state index in [4.69, 9.17) is 14.6 Å². The summed E-state index contributed by atoms with van der Waals surface area (Å²) in [6.45, 7) is 0.330. The molecule has 9 heteroatoms. The Morgan fingerprint density at radius 1 is 1.50 bits per heavy atom. The van der Waals surface area contributed by atoms with E-state index in [9.17, 15) is 13.2 Å². The largest absolute Gasteiger partial charge is 0.477 e. The molecule has 0 amide bonds. The maximum atomic E-state index is 11.9. The van der Waals surface area contributed by atoms with Crippen molar-refractivity contribution >= 4 is 27.3 Å². The third-order valence-electron chi connectivity index (χ3n) is 2.50. The molecular weight excluding hydrogens is 306 g/mol. The number of thiophene rings is 1. The topological polar surface area (TPSA) is 102 Å². The third kappa shape index (κ3) is 5.17. The van der Waals surface area contributed by atoms with Gasteiger partial charge in [-0.2, -0.15) is 0 Å². The summed E-state index contributed by atoms with van der Waals surface area (Å²) in [7, 11) is -0.677. The number of sulfonamides is 1. The summed E-state index contributed by atoms with van der Waals surface area (Å²) in [4.78, 5) is 11.0. The minimum absolute atomic E-state index is 0.0376. The Kier molecular flexibility index (Phi) is 6.56. The van der Waals surface area contributed by atoms with E-state index < -0.39 is 22.1 Å². The number of carbonyl (C=O) groups is 1. The normalized spacial score (nSPS) is 13.3. The zero-order valence-corrected chi connectivity index (χ0v) is 12.8. The van der Waals surface area contributed by atoms with Crippen molar-refractivity contribution in [2.24, 2.45) is 0 Å². The van der Waals surface area contributed by atoms with E-state index in [-0.39, 0.29) is 29.3 Å². The van der Waals surface area contributed by atoms with Crippen molar-refractivity contribution in [2.45, 2.75) is 11.9 Å². The molecule has 0 aliphatic heterocycles. The molecule has 0 aliphatic rings. The van der Waals surface area contributed by atoms with E-state index in [1.165, 1.54) is 20.3 Å². The summed E-state index contributed by atoms with van der Waals surface area (Å²) in [6, 6.07) is 1.50. The molecule has 0 unspecified atom stereocenters. The van der Waals surface area contributed by atoms with Gasteiger partial charge in [0.25, 0.3) is 0 Å². The number of hydrogen-bond donors (Lipinski definition) is 2. The molecule has 1 rings (SSSR count). The highest BCUT2D eigenvalue weighted by Gasteiger charge is 2.20. The van der Waals surface area contributed by atoms with Crippen LogP contribution in [0.4, 0.5) is 0 Å². The van der Waals surface area contributed by atoms with E-state index in [0.29, 0.717) is 0 Å². The first-order chi connectivity index (χ1) is 9.39. The SMILES string of the molecule is COC[C@H](CNS(=O)(=O)Cc1ccsc1C(=O)O)OC. The van der Waals surface area contributed by atoms with Gasteiger partial charge < -0.3 is 14.6 Å². The number of hydrogen-bond acceptors (Lipinski definition) is 6. The third-order valence-corrected chi connectivity index (χ3v) is 4.75. The summed E-state index contributed by atoms with van der Waals surface area (Å²) in [5.41, 5.74) is 0.274. The Balaban J connectivity index is 2.65. The molecule has 0 saturated heterocycles. The van der Waals surface area contributed by atoms with Crippen LogP contribution in [-0.4, -0.2) is 53.0 Å². The van der Waals surface area contributed by atoms with E-state index in [1.54, 1.807) is 5.38 Å². The average molecular weight is 323 g/mol. The summed E-state index contributed by atoms with van der Waals surface area (Å²) < 4.78 is 36.1. The number of aromatic carboxylic acids is 1. The number of nitrogens with one attached hydrogen (secondary N) is 1.